The Morgan fingerprint density at radius 3 is 1.17 bits per heavy atom. The maximum absolute atomic E-state index is 10.3. The topological polar surface area (TPSA) is 165 Å². The molecule has 0 aromatic heterocycles. The molecule has 0 aliphatic carbocycles. The summed E-state index contributed by atoms with van der Waals surface area (Å²) in [5, 5.41) is 48.4. The Labute approximate surface area is 133 Å². The van der Waals surface area contributed by atoms with Crippen molar-refractivity contribution < 1.29 is 45.0 Å². The standard InChI is InChI=1S/C8H6O4.C4H10O3.C2H6O2/c9-7(10)5-1-2-6(4-3-5)8(11)12;5-1-3-7-4-2-6;3-1-2-4/h1-4H,(H,9,10)(H,11,12);5-6H,1-4H2;3-4H,1-2H2. The molecule has 6 N–H and O–H groups in total. The zero-order valence-electron chi connectivity index (χ0n) is 12.5. The van der Waals surface area contributed by atoms with Gasteiger partial charge < -0.3 is 35.4 Å². The van der Waals surface area contributed by atoms with Crippen LogP contribution in [0.2, 0.25) is 0 Å². The molecule has 0 aliphatic heterocycles. The molecule has 0 saturated carbocycles. The second-order valence-corrected chi connectivity index (χ2v) is 3.69. The predicted molar refractivity (Wildman–Crippen MR) is 79.5 cm³/mol. The van der Waals surface area contributed by atoms with E-state index in [4.69, 9.17) is 30.6 Å². The zero-order valence-corrected chi connectivity index (χ0v) is 12.5. The fourth-order valence-electron chi connectivity index (χ4n) is 0.987. The van der Waals surface area contributed by atoms with E-state index in [1.165, 1.54) is 24.3 Å². The molecule has 9 nitrogen and oxygen atoms in total. The van der Waals surface area contributed by atoms with Crippen LogP contribution < -0.4 is 0 Å². The Morgan fingerprint density at radius 1 is 0.696 bits per heavy atom. The summed E-state index contributed by atoms with van der Waals surface area (Å²) < 4.78 is 4.63. The van der Waals surface area contributed by atoms with Gasteiger partial charge >= 0.3 is 11.9 Å². The molecule has 1 aromatic carbocycles. The van der Waals surface area contributed by atoms with Gasteiger partial charge in [-0.2, -0.15) is 0 Å². The van der Waals surface area contributed by atoms with Crippen LogP contribution in [0.5, 0.6) is 0 Å². The monoisotopic (exact) mass is 334 g/mol. The molecule has 1 rings (SSSR count). The van der Waals surface area contributed by atoms with Crippen LogP contribution in [-0.2, 0) is 4.74 Å². The van der Waals surface area contributed by atoms with Gasteiger partial charge in [0.25, 0.3) is 0 Å². The van der Waals surface area contributed by atoms with Crippen LogP contribution in [0.1, 0.15) is 20.7 Å². The molecule has 0 aliphatic rings. The molecule has 0 saturated heterocycles. The van der Waals surface area contributed by atoms with E-state index < -0.39 is 11.9 Å². The van der Waals surface area contributed by atoms with Crippen LogP contribution >= 0.6 is 0 Å². The predicted octanol–water partition coefficient (Wildman–Crippen LogP) is -0.958. The van der Waals surface area contributed by atoms with Gasteiger partial charge in [-0.25, -0.2) is 9.59 Å². The fourth-order valence-corrected chi connectivity index (χ4v) is 0.987. The van der Waals surface area contributed by atoms with Gasteiger partial charge in [0.05, 0.1) is 50.8 Å². The lowest BCUT2D eigenvalue weighted by Gasteiger charge is -1.94. The summed E-state index contributed by atoms with van der Waals surface area (Å²) in [5.41, 5.74) is 0.167. The van der Waals surface area contributed by atoms with Crippen molar-refractivity contribution in [3.8, 4) is 0 Å². The first-order valence-corrected chi connectivity index (χ1v) is 6.52. The van der Waals surface area contributed by atoms with E-state index in [9.17, 15) is 9.59 Å². The van der Waals surface area contributed by atoms with Crippen LogP contribution in [0.15, 0.2) is 24.3 Å². The molecule has 132 valence electrons. The van der Waals surface area contributed by atoms with E-state index in [1.54, 1.807) is 0 Å². The molecule has 0 bridgehead atoms. The number of aliphatic hydroxyl groups is 4. The van der Waals surface area contributed by atoms with Gasteiger partial charge in [0, 0.05) is 0 Å². The van der Waals surface area contributed by atoms with Gasteiger partial charge in [0.1, 0.15) is 0 Å². The van der Waals surface area contributed by atoms with Crippen molar-refractivity contribution in [3.63, 3.8) is 0 Å². The average Bonchev–Trinajstić information content (AvgIpc) is 2.56. The number of hydrogen-bond acceptors (Lipinski definition) is 7. The van der Waals surface area contributed by atoms with E-state index in [1.807, 2.05) is 0 Å². The first-order chi connectivity index (χ1) is 10.9. The highest BCUT2D eigenvalue weighted by Gasteiger charge is 2.04. The highest BCUT2D eigenvalue weighted by molar-refractivity contribution is 5.91. The highest BCUT2D eigenvalue weighted by Crippen LogP contribution is 2.03. The lowest BCUT2D eigenvalue weighted by atomic mass is 10.1. The molecule has 0 heterocycles. The molecular formula is C14H22O9. The van der Waals surface area contributed by atoms with Crippen LogP contribution in [0.3, 0.4) is 0 Å². The summed E-state index contributed by atoms with van der Waals surface area (Å²) in [6.07, 6.45) is 0. The van der Waals surface area contributed by atoms with Crippen molar-refractivity contribution in [3.05, 3.63) is 35.4 Å². The largest absolute Gasteiger partial charge is 0.478 e. The summed E-state index contributed by atoms with van der Waals surface area (Å²) in [4.78, 5) is 20.7. The van der Waals surface area contributed by atoms with Crippen LogP contribution in [0, 0.1) is 0 Å². The van der Waals surface area contributed by atoms with Gasteiger partial charge in [-0.3, -0.25) is 0 Å². The number of carbonyl (C=O) groups is 2. The smallest absolute Gasteiger partial charge is 0.335 e. The summed E-state index contributed by atoms with van der Waals surface area (Å²) in [7, 11) is 0. The van der Waals surface area contributed by atoms with Gasteiger partial charge in [0.15, 0.2) is 0 Å². The second-order valence-electron chi connectivity index (χ2n) is 3.69. The highest BCUT2D eigenvalue weighted by atomic mass is 16.5. The maximum atomic E-state index is 10.3. The minimum atomic E-state index is -1.06. The normalized spacial score (nSPS) is 9.04. The van der Waals surface area contributed by atoms with E-state index in [2.05, 4.69) is 4.74 Å². The molecule has 23 heavy (non-hydrogen) atoms. The first kappa shape index (κ1) is 23.2. The summed E-state index contributed by atoms with van der Waals surface area (Å²) >= 11 is 0. The molecule has 1 aromatic rings. The minimum absolute atomic E-state index is 0.0278. The third-order valence-electron chi connectivity index (χ3n) is 1.95. The van der Waals surface area contributed by atoms with Gasteiger partial charge in [-0.05, 0) is 24.3 Å². The summed E-state index contributed by atoms with van der Waals surface area (Å²) in [6, 6.07) is 5.02. The van der Waals surface area contributed by atoms with E-state index in [0.29, 0.717) is 13.2 Å². The third-order valence-corrected chi connectivity index (χ3v) is 1.95. The molecule has 9 heteroatoms. The van der Waals surface area contributed by atoms with E-state index in [-0.39, 0.29) is 37.6 Å². The fraction of sp³-hybridized carbons (Fsp3) is 0.429. The first-order valence-electron chi connectivity index (χ1n) is 6.52. The quantitative estimate of drug-likeness (QED) is 0.344. The van der Waals surface area contributed by atoms with Crippen LogP contribution in [-0.4, -0.2) is 82.2 Å². The van der Waals surface area contributed by atoms with Crippen molar-refractivity contribution >= 4 is 11.9 Å². The Balaban J connectivity index is 0. The molecule has 0 radical (unpaired) electrons. The molecule has 0 atom stereocenters. The van der Waals surface area contributed by atoms with Gasteiger partial charge in [-0.1, -0.05) is 0 Å². The number of aromatic carboxylic acids is 2. The Hall–Kier alpha value is -2.04. The van der Waals surface area contributed by atoms with Crippen LogP contribution in [0.4, 0.5) is 0 Å². The SMILES string of the molecule is O=C(O)c1ccc(C(=O)O)cc1.OCCO.OCCOCCO. The summed E-state index contributed by atoms with van der Waals surface area (Å²) in [5.74, 6) is -2.13. The van der Waals surface area contributed by atoms with E-state index >= 15 is 0 Å². The lowest BCUT2D eigenvalue weighted by Crippen LogP contribution is -2.03. The number of aliphatic hydroxyl groups excluding tert-OH is 4. The number of rotatable bonds is 7. The molecule has 0 unspecified atom stereocenters. The Bertz CT molecular complexity index is 378. The number of carboxylic acids is 2. The maximum Gasteiger partial charge on any atom is 0.335 e. The molecular weight excluding hydrogens is 312 g/mol. The summed E-state index contributed by atoms with van der Waals surface area (Å²) in [6.45, 7) is 0.446. The Morgan fingerprint density at radius 2 is 1.00 bits per heavy atom. The number of carboxylic acid groups (broad SMARTS) is 2. The van der Waals surface area contributed by atoms with Crippen molar-refractivity contribution in [1.29, 1.82) is 0 Å². The number of hydrogen-bond donors (Lipinski definition) is 6. The molecule has 0 spiro atoms. The van der Waals surface area contributed by atoms with Gasteiger partial charge in [-0.15, -0.1) is 0 Å². The molecule has 0 amide bonds. The average molecular weight is 334 g/mol. The lowest BCUT2D eigenvalue weighted by molar-refractivity contribution is 0.0650. The van der Waals surface area contributed by atoms with Crippen molar-refractivity contribution in [2.45, 2.75) is 0 Å². The zero-order chi connectivity index (χ0) is 18.1. The van der Waals surface area contributed by atoms with Gasteiger partial charge in [0.2, 0.25) is 0 Å². The number of benzene rings is 1. The Kier molecular flexibility index (Phi) is 16.5. The van der Waals surface area contributed by atoms with Crippen LogP contribution in [0.25, 0.3) is 0 Å². The minimum Gasteiger partial charge on any atom is -0.478 e. The molecule has 0 fully saturated rings. The second kappa shape index (κ2) is 16.3. The van der Waals surface area contributed by atoms with Crippen molar-refractivity contribution in [1.82, 2.24) is 0 Å². The third kappa shape index (κ3) is 14.7. The van der Waals surface area contributed by atoms with Crippen molar-refractivity contribution in [2.24, 2.45) is 0 Å². The van der Waals surface area contributed by atoms with E-state index in [0.717, 1.165) is 0 Å². The van der Waals surface area contributed by atoms with Crippen molar-refractivity contribution in [2.75, 3.05) is 39.6 Å². The number of ether oxygens (including phenoxy) is 1.